The van der Waals surface area contributed by atoms with Gasteiger partial charge in [0.05, 0.1) is 6.04 Å². The second-order valence-corrected chi connectivity index (χ2v) is 6.06. The van der Waals surface area contributed by atoms with Crippen LogP contribution in [0.5, 0.6) is 0 Å². The van der Waals surface area contributed by atoms with Gasteiger partial charge in [-0.1, -0.05) is 37.9 Å². The van der Waals surface area contributed by atoms with Crippen LogP contribution in [0.1, 0.15) is 17.2 Å². The van der Waals surface area contributed by atoms with Crippen molar-refractivity contribution in [1.29, 1.82) is 0 Å². The van der Waals surface area contributed by atoms with E-state index in [2.05, 4.69) is 37.3 Å². The Labute approximate surface area is 132 Å². The lowest BCUT2D eigenvalue weighted by molar-refractivity contribution is 0.496. The zero-order chi connectivity index (χ0) is 14.7. The molecule has 2 aromatic carbocycles. The molecule has 6 heteroatoms. The SMILES string of the molecule is NNC(Cc1cc(Br)ccc1F)c1c(F)cccc1Br. The Kier molecular flexibility index (Phi) is 5.26. The molecule has 1 atom stereocenters. The van der Waals surface area contributed by atoms with Crippen LogP contribution in [0.25, 0.3) is 0 Å². The summed E-state index contributed by atoms with van der Waals surface area (Å²) in [5.74, 6) is 4.77. The average molecular weight is 406 g/mol. The molecule has 0 aliphatic rings. The van der Waals surface area contributed by atoms with Crippen molar-refractivity contribution in [2.45, 2.75) is 12.5 Å². The molecule has 0 saturated carbocycles. The van der Waals surface area contributed by atoms with Crippen molar-refractivity contribution in [3.8, 4) is 0 Å². The molecule has 0 aliphatic carbocycles. The molecule has 0 bridgehead atoms. The van der Waals surface area contributed by atoms with E-state index in [1.165, 1.54) is 12.1 Å². The van der Waals surface area contributed by atoms with Gasteiger partial charge in [-0.2, -0.15) is 0 Å². The first-order valence-corrected chi connectivity index (χ1v) is 7.45. The average Bonchev–Trinajstić information content (AvgIpc) is 2.41. The van der Waals surface area contributed by atoms with Gasteiger partial charge in [0.1, 0.15) is 11.6 Å². The molecular weight excluding hydrogens is 394 g/mol. The van der Waals surface area contributed by atoms with Gasteiger partial charge in [-0.25, -0.2) is 8.78 Å². The topological polar surface area (TPSA) is 38.0 Å². The number of nitrogens with two attached hydrogens (primary N) is 1. The minimum absolute atomic E-state index is 0.237. The van der Waals surface area contributed by atoms with Crippen LogP contribution >= 0.6 is 31.9 Å². The summed E-state index contributed by atoms with van der Waals surface area (Å²) in [7, 11) is 0. The Morgan fingerprint density at radius 3 is 2.50 bits per heavy atom. The Bertz CT molecular complexity index is 600. The third kappa shape index (κ3) is 3.44. The molecule has 0 aromatic heterocycles. The maximum absolute atomic E-state index is 13.9. The van der Waals surface area contributed by atoms with Gasteiger partial charge in [-0.3, -0.25) is 11.3 Å². The normalized spacial score (nSPS) is 12.4. The first-order chi connectivity index (χ1) is 9.52. The monoisotopic (exact) mass is 404 g/mol. The number of halogens is 4. The van der Waals surface area contributed by atoms with Crippen LogP contribution < -0.4 is 11.3 Å². The van der Waals surface area contributed by atoms with Gasteiger partial charge in [-0.05, 0) is 42.3 Å². The molecule has 2 rings (SSSR count). The molecular formula is C14H12Br2F2N2. The predicted molar refractivity (Wildman–Crippen MR) is 82.0 cm³/mol. The maximum Gasteiger partial charge on any atom is 0.129 e. The molecule has 0 fully saturated rings. The van der Waals surface area contributed by atoms with Gasteiger partial charge in [-0.15, -0.1) is 0 Å². The van der Waals surface area contributed by atoms with E-state index in [1.54, 1.807) is 24.3 Å². The highest BCUT2D eigenvalue weighted by atomic mass is 79.9. The van der Waals surface area contributed by atoms with Crippen molar-refractivity contribution in [2.75, 3.05) is 0 Å². The quantitative estimate of drug-likeness (QED) is 0.589. The molecule has 0 aliphatic heterocycles. The number of hydrogen-bond acceptors (Lipinski definition) is 2. The highest BCUT2D eigenvalue weighted by Crippen LogP contribution is 2.29. The largest absolute Gasteiger partial charge is 0.271 e. The van der Waals surface area contributed by atoms with Crippen molar-refractivity contribution in [3.63, 3.8) is 0 Å². The lowest BCUT2D eigenvalue weighted by atomic mass is 9.98. The van der Waals surface area contributed by atoms with Gasteiger partial charge < -0.3 is 0 Å². The van der Waals surface area contributed by atoms with Gasteiger partial charge in [0.15, 0.2) is 0 Å². The van der Waals surface area contributed by atoms with Crippen LogP contribution in [-0.2, 0) is 6.42 Å². The molecule has 2 nitrogen and oxygen atoms in total. The third-order valence-electron chi connectivity index (χ3n) is 2.98. The molecule has 0 amide bonds. The minimum atomic E-state index is -0.533. The summed E-state index contributed by atoms with van der Waals surface area (Å²) < 4.78 is 29.1. The number of hydrogen-bond donors (Lipinski definition) is 2. The molecule has 2 aromatic rings. The van der Waals surface area contributed by atoms with Crippen molar-refractivity contribution in [1.82, 2.24) is 5.43 Å². The first kappa shape index (κ1) is 15.6. The molecule has 0 radical (unpaired) electrons. The molecule has 20 heavy (non-hydrogen) atoms. The summed E-state index contributed by atoms with van der Waals surface area (Å²) >= 11 is 6.59. The highest BCUT2D eigenvalue weighted by molar-refractivity contribution is 9.10. The van der Waals surface area contributed by atoms with Crippen LogP contribution in [-0.4, -0.2) is 0 Å². The van der Waals surface area contributed by atoms with E-state index < -0.39 is 11.9 Å². The Hall–Kier alpha value is -0.820. The third-order valence-corrected chi connectivity index (χ3v) is 4.17. The van der Waals surface area contributed by atoms with Gasteiger partial charge in [0.25, 0.3) is 0 Å². The van der Waals surface area contributed by atoms with E-state index in [4.69, 9.17) is 5.84 Å². The van der Waals surface area contributed by atoms with Crippen molar-refractivity contribution in [3.05, 3.63) is 68.1 Å². The Balaban J connectivity index is 2.36. The Morgan fingerprint density at radius 1 is 1.10 bits per heavy atom. The number of hydrazine groups is 1. The second kappa shape index (κ2) is 6.76. The standard InChI is InChI=1S/C14H12Br2F2N2/c15-9-4-5-11(17)8(6-9)7-13(20-19)14-10(16)2-1-3-12(14)18/h1-6,13,20H,7,19H2. The fourth-order valence-electron chi connectivity index (χ4n) is 2.01. The van der Waals surface area contributed by atoms with Crippen LogP contribution in [0.2, 0.25) is 0 Å². The summed E-state index contributed by atoms with van der Waals surface area (Å²) in [6, 6.07) is 8.77. The number of nitrogens with one attached hydrogen (secondary N) is 1. The van der Waals surface area contributed by atoms with Crippen molar-refractivity contribution in [2.24, 2.45) is 5.84 Å². The van der Waals surface area contributed by atoms with Crippen LogP contribution in [0, 0.1) is 11.6 Å². The summed E-state index contributed by atoms with van der Waals surface area (Å²) in [6.45, 7) is 0. The van der Waals surface area contributed by atoms with Crippen LogP contribution in [0.4, 0.5) is 8.78 Å². The summed E-state index contributed by atoms with van der Waals surface area (Å²) in [5, 5.41) is 0. The summed E-state index contributed by atoms with van der Waals surface area (Å²) in [5.41, 5.74) is 3.38. The molecule has 0 spiro atoms. The molecule has 0 saturated heterocycles. The van der Waals surface area contributed by atoms with Crippen molar-refractivity contribution < 1.29 is 8.78 Å². The fourth-order valence-corrected chi connectivity index (χ4v) is 3.03. The minimum Gasteiger partial charge on any atom is -0.271 e. The zero-order valence-electron chi connectivity index (χ0n) is 10.3. The lowest BCUT2D eigenvalue weighted by Crippen LogP contribution is -2.30. The van der Waals surface area contributed by atoms with E-state index in [-0.39, 0.29) is 12.2 Å². The molecule has 0 heterocycles. The predicted octanol–water partition coefficient (Wildman–Crippen LogP) is 4.24. The van der Waals surface area contributed by atoms with Gasteiger partial charge in [0, 0.05) is 14.5 Å². The van der Waals surface area contributed by atoms with Crippen molar-refractivity contribution >= 4 is 31.9 Å². The van der Waals surface area contributed by atoms with E-state index in [1.807, 2.05) is 0 Å². The lowest BCUT2D eigenvalue weighted by Gasteiger charge is -2.19. The highest BCUT2D eigenvalue weighted by Gasteiger charge is 2.19. The zero-order valence-corrected chi connectivity index (χ0v) is 13.5. The van der Waals surface area contributed by atoms with E-state index in [0.717, 1.165) is 4.47 Å². The maximum atomic E-state index is 13.9. The van der Waals surface area contributed by atoms with E-state index in [0.29, 0.717) is 15.6 Å². The van der Waals surface area contributed by atoms with Gasteiger partial charge >= 0.3 is 0 Å². The number of rotatable bonds is 4. The number of benzene rings is 2. The molecule has 106 valence electrons. The smallest absolute Gasteiger partial charge is 0.129 e. The Morgan fingerprint density at radius 2 is 1.85 bits per heavy atom. The first-order valence-electron chi connectivity index (χ1n) is 5.87. The summed E-state index contributed by atoms with van der Waals surface area (Å²) in [4.78, 5) is 0. The fraction of sp³-hybridized carbons (Fsp3) is 0.143. The van der Waals surface area contributed by atoms with E-state index >= 15 is 0 Å². The van der Waals surface area contributed by atoms with E-state index in [9.17, 15) is 8.78 Å². The second-order valence-electron chi connectivity index (χ2n) is 4.29. The van der Waals surface area contributed by atoms with Crippen LogP contribution in [0.15, 0.2) is 45.3 Å². The summed E-state index contributed by atoms with van der Waals surface area (Å²) in [6.07, 6.45) is 0.237. The molecule has 1 unspecified atom stereocenters. The van der Waals surface area contributed by atoms with Crippen LogP contribution in [0.3, 0.4) is 0 Å². The van der Waals surface area contributed by atoms with Gasteiger partial charge in [0.2, 0.25) is 0 Å². The molecule has 3 N–H and O–H groups in total.